The highest BCUT2D eigenvalue weighted by Gasteiger charge is 2.32. The van der Waals surface area contributed by atoms with Crippen molar-refractivity contribution in [3.05, 3.63) is 11.6 Å². The van der Waals surface area contributed by atoms with Gasteiger partial charge in [0, 0.05) is 19.0 Å². The summed E-state index contributed by atoms with van der Waals surface area (Å²) >= 11 is 0. The van der Waals surface area contributed by atoms with Gasteiger partial charge in [-0.25, -0.2) is 0 Å². The molecule has 1 rings (SSSR count). The quantitative estimate of drug-likeness (QED) is 0.684. The number of hydrogen-bond donors (Lipinski definition) is 0. The highest BCUT2D eigenvalue weighted by atomic mass is 16.6. The van der Waals surface area contributed by atoms with Crippen LogP contribution in [-0.2, 0) is 14.3 Å². The lowest BCUT2D eigenvalue weighted by atomic mass is 10.0. The molecule has 1 aliphatic heterocycles. The summed E-state index contributed by atoms with van der Waals surface area (Å²) in [5, 5.41) is 0. The first-order valence-electron chi connectivity index (χ1n) is 5.65. The summed E-state index contributed by atoms with van der Waals surface area (Å²) < 4.78 is 5.20. The molecule has 1 heterocycles. The van der Waals surface area contributed by atoms with Gasteiger partial charge in [0.05, 0.1) is 0 Å². The van der Waals surface area contributed by atoms with Crippen molar-refractivity contribution in [1.29, 1.82) is 0 Å². The number of carbonyl (C=O) groups excluding carboxylic acids is 2. The van der Waals surface area contributed by atoms with Crippen LogP contribution in [0.25, 0.3) is 0 Å². The lowest BCUT2D eigenvalue weighted by Gasteiger charge is -2.19. The molecule has 0 saturated heterocycles. The molecule has 0 fully saturated rings. The van der Waals surface area contributed by atoms with Crippen LogP contribution in [0.4, 0.5) is 0 Å². The van der Waals surface area contributed by atoms with Gasteiger partial charge >= 0.3 is 5.97 Å². The third kappa shape index (κ3) is 2.62. The molecule has 0 N–H and O–H groups in total. The van der Waals surface area contributed by atoms with Crippen LogP contribution in [0.1, 0.15) is 33.6 Å². The fraction of sp³-hybridized carbons (Fsp3) is 0.667. The Morgan fingerprint density at radius 3 is 2.62 bits per heavy atom. The Bertz CT molecular complexity index is 320. The first-order valence-corrected chi connectivity index (χ1v) is 5.65. The maximum absolute atomic E-state index is 11.8. The Morgan fingerprint density at radius 2 is 2.19 bits per heavy atom. The number of rotatable bonds is 4. The third-order valence-corrected chi connectivity index (χ3v) is 2.60. The van der Waals surface area contributed by atoms with Crippen LogP contribution in [0.2, 0.25) is 0 Å². The molecular weight excluding hydrogens is 206 g/mol. The zero-order valence-electron chi connectivity index (χ0n) is 10.3. The Kier molecular flexibility index (Phi) is 4.10. The summed E-state index contributed by atoms with van der Waals surface area (Å²) in [5.74, 6) is -0.150. The van der Waals surface area contributed by atoms with Crippen molar-refractivity contribution in [3.8, 4) is 0 Å². The molecule has 16 heavy (non-hydrogen) atoms. The van der Waals surface area contributed by atoms with E-state index in [1.165, 1.54) is 4.90 Å². The predicted octanol–water partition coefficient (Wildman–Crippen LogP) is 1.71. The van der Waals surface area contributed by atoms with Gasteiger partial charge in [-0.1, -0.05) is 20.8 Å². The molecule has 0 bridgehead atoms. The minimum Gasteiger partial charge on any atom is -0.438 e. The van der Waals surface area contributed by atoms with Crippen molar-refractivity contribution in [3.63, 3.8) is 0 Å². The summed E-state index contributed by atoms with van der Waals surface area (Å²) in [6.45, 7) is 5.82. The van der Waals surface area contributed by atoms with Crippen LogP contribution >= 0.6 is 0 Å². The highest BCUT2D eigenvalue weighted by molar-refractivity contribution is 5.96. The van der Waals surface area contributed by atoms with E-state index in [1.54, 1.807) is 13.1 Å². The number of carbonyl (C=O) groups is 2. The zero-order chi connectivity index (χ0) is 12.3. The van der Waals surface area contributed by atoms with Gasteiger partial charge in [-0.05, 0) is 18.4 Å². The van der Waals surface area contributed by atoms with Crippen LogP contribution in [0, 0.1) is 5.92 Å². The molecule has 1 unspecified atom stereocenters. The molecule has 0 aromatic heterocycles. The van der Waals surface area contributed by atoms with Gasteiger partial charge in [0.2, 0.25) is 0 Å². The Hall–Kier alpha value is -1.32. The molecule has 0 aromatic carbocycles. The second-order valence-corrected chi connectivity index (χ2v) is 4.32. The van der Waals surface area contributed by atoms with E-state index in [-0.39, 0.29) is 17.8 Å². The average molecular weight is 225 g/mol. The monoisotopic (exact) mass is 225 g/mol. The lowest BCUT2D eigenvalue weighted by molar-refractivity contribution is -0.155. The maximum Gasteiger partial charge on any atom is 0.307 e. The number of amides is 1. The third-order valence-electron chi connectivity index (χ3n) is 2.60. The molecule has 0 radical (unpaired) electrons. The maximum atomic E-state index is 11.8. The average Bonchev–Trinajstić information content (AvgIpc) is 2.46. The SMILES string of the molecule is CCCC(=O)OC1C=C(C(C)C)C(=O)N1C. The summed E-state index contributed by atoms with van der Waals surface area (Å²) in [6.07, 6.45) is 2.36. The number of esters is 1. The van der Waals surface area contributed by atoms with E-state index >= 15 is 0 Å². The standard InChI is InChI=1S/C12H19NO3/c1-5-6-11(14)16-10-7-9(8(2)3)12(15)13(10)4/h7-8,10H,5-6H2,1-4H3. The zero-order valence-corrected chi connectivity index (χ0v) is 10.3. The lowest BCUT2D eigenvalue weighted by Crippen LogP contribution is -2.34. The van der Waals surface area contributed by atoms with Crippen molar-refractivity contribution in [2.45, 2.75) is 39.8 Å². The van der Waals surface area contributed by atoms with Crippen molar-refractivity contribution >= 4 is 11.9 Å². The first kappa shape index (κ1) is 12.7. The number of nitrogens with zero attached hydrogens (tertiary/aromatic N) is 1. The topological polar surface area (TPSA) is 46.6 Å². The van der Waals surface area contributed by atoms with Gasteiger partial charge in [-0.15, -0.1) is 0 Å². The number of likely N-dealkylation sites (N-methyl/N-ethyl adjacent to an activating group) is 1. The summed E-state index contributed by atoms with van der Waals surface area (Å²) in [4.78, 5) is 24.6. The highest BCUT2D eigenvalue weighted by Crippen LogP contribution is 2.23. The Balaban J connectivity index is 2.68. The van der Waals surface area contributed by atoms with Gasteiger partial charge in [-0.3, -0.25) is 9.59 Å². The van der Waals surface area contributed by atoms with E-state index in [0.717, 1.165) is 12.0 Å². The minimum absolute atomic E-state index is 0.0516. The van der Waals surface area contributed by atoms with Crippen molar-refractivity contribution in [2.75, 3.05) is 7.05 Å². The van der Waals surface area contributed by atoms with E-state index in [0.29, 0.717) is 6.42 Å². The van der Waals surface area contributed by atoms with E-state index in [4.69, 9.17) is 4.74 Å². The molecule has 1 aliphatic rings. The fourth-order valence-electron chi connectivity index (χ4n) is 1.61. The second-order valence-electron chi connectivity index (χ2n) is 4.32. The first-order chi connectivity index (χ1) is 7.47. The molecule has 4 heteroatoms. The summed E-state index contributed by atoms with van der Waals surface area (Å²) in [7, 11) is 1.65. The van der Waals surface area contributed by atoms with Crippen LogP contribution in [0.5, 0.6) is 0 Å². The summed E-state index contributed by atoms with van der Waals surface area (Å²) in [5.41, 5.74) is 0.719. The largest absolute Gasteiger partial charge is 0.438 e. The minimum atomic E-state index is -0.524. The van der Waals surface area contributed by atoms with Gasteiger partial charge in [-0.2, -0.15) is 0 Å². The van der Waals surface area contributed by atoms with E-state index in [2.05, 4.69) is 0 Å². The van der Waals surface area contributed by atoms with Crippen LogP contribution in [0.15, 0.2) is 11.6 Å². The molecule has 4 nitrogen and oxygen atoms in total. The van der Waals surface area contributed by atoms with Crippen LogP contribution in [0.3, 0.4) is 0 Å². The van der Waals surface area contributed by atoms with Gasteiger partial charge in [0.25, 0.3) is 5.91 Å². The van der Waals surface area contributed by atoms with Crippen molar-refractivity contribution in [2.24, 2.45) is 5.92 Å². The van der Waals surface area contributed by atoms with E-state index in [9.17, 15) is 9.59 Å². The molecule has 0 aromatic rings. The normalized spacial score (nSPS) is 20.3. The van der Waals surface area contributed by atoms with Crippen molar-refractivity contribution in [1.82, 2.24) is 4.90 Å². The van der Waals surface area contributed by atoms with Crippen molar-refractivity contribution < 1.29 is 14.3 Å². The van der Waals surface area contributed by atoms with Crippen LogP contribution < -0.4 is 0 Å². The van der Waals surface area contributed by atoms with E-state index in [1.807, 2.05) is 20.8 Å². The molecule has 0 aliphatic carbocycles. The molecule has 0 spiro atoms. The molecular formula is C12H19NO3. The van der Waals surface area contributed by atoms with Gasteiger partial charge < -0.3 is 9.64 Å². The second kappa shape index (κ2) is 5.14. The summed E-state index contributed by atoms with van der Waals surface area (Å²) in [6, 6.07) is 0. The Labute approximate surface area is 96.3 Å². The predicted molar refractivity (Wildman–Crippen MR) is 60.5 cm³/mol. The number of ether oxygens (including phenoxy) is 1. The fourth-order valence-corrected chi connectivity index (χ4v) is 1.61. The van der Waals surface area contributed by atoms with Crippen LogP contribution in [-0.4, -0.2) is 30.1 Å². The van der Waals surface area contributed by atoms with Gasteiger partial charge in [0.1, 0.15) is 0 Å². The molecule has 0 saturated carbocycles. The Morgan fingerprint density at radius 1 is 1.56 bits per heavy atom. The van der Waals surface area contributed by atoms with Gasteiger partial charge in [0.15, 0.2) is 6.23 Å². The molecule has 1 atom stereocenters. The molecule has 1 amide bonds. The van der Waals surface area contributed by atoms with E-state index < -0.39 is 6.23 Å². The smallest absolute Gasteiger partial charge is 0.307 e. The molecule has 90 valence electrons. The number of hydrogen-bond acceptors (Lipinski definition) is 3.